The average molecular weight is 314 g/mol. The predicted molar refractivity (Wildman–Crippen MR) is 87.8 cm³/mol. The quantitative estimate of drug-likeness (QED) is 0.713. The standard InChI is InChI=1S/C16H14N2OS2/c19-16(8-13-3-6-20-11-13)18(10-14-4-7-21-12-14)15-2-1-5-17-9-15/h1-7,9,11-12H,8,10H2. The smallest absolute Gasteiger partial charge is 0.231 e. The minimum atomic E-state index is 0.0904. The zero-order valence-corrected chi connectivity index (χ0v) is 12.9. The first-order valence-electron chi connectivity index (χ1n) is 6.55. The SMILES string of the molecule is O=C(Cc1ccsc1)N(Cc1ccsc1)c1cccnc1. The Labute approximate surface area is 131 Å². The number of aromatic nitrogens is 1. The van der Waals surface area contributed by atoms with Gasteiger partial charge in [0.2, 0.25) is 5.91 Å². The van der Waals surface area contributed by atoms with Gasteiger partial charge in [0.25, 0.3) is 0 Å². The summed E-state index contributed by atoms with van der Waals surface area (Å²) >= 11 is 3.25. The summed E-state index contributed by atoms with van der Waals surface area (Å²) in [6.45, 7) is 0.582. The van der Waals surface area contributed by atoms with Gasteiger partial charge in [-0.05, 0) is 56.9 Å². The number of nitrogens with zero attached hydrogens (tertiary/aromatic N) is 2. The third kappa shape index (κ3) is 3.56. The molecule has 0 aromatic carbocycles. The van der Waals surface area contributed by atoms with Crippen LogP contribution in [-0.4, -0.2) is 10.9 Å². The number of carbonyl (C=O) groups excluding carboxylic acids is 1. The number of hydrogen-bond acceptors (Lipinski definition) is 4. The van der Waals surface area contributed by atoms with Crippen LogP contribution in [0.1, 0.15) is 11.1 Å². The lowest BCUT2D eigenvalue weighted by atomic mass is 10.2. The molecule has 0 spiro atoms. The van der Waals surface area contributed by atoms with Crippen LogP contribution in [0.25, 0.3) is 0 Å². The summed E-state index contributed by atoms with van der Waals surface area (Å²) in [5.74, 6) is 0.0904. The number of amides is 1. The average Bonchev–Trinajstić information content (AvgIpc) is 3.19. The van der Waals surface area contributed by atoms with Crippen LogP contribution in [0, 0.1) is 0 Å². The molecule has 0 bridgehead atoms. The van der Waals surface area contributed by atoms with Crippen molar-refractivity contribution >= 4 is 34.3 Å². The zero-order chi connectivity index (χ0) is 14.5. The minimum Gasteiger partial charge on any atom is -0.306 e. The molecule has 0 aliphatic heterocycles. The maximum atomic E-state index is 12.6. The van der Waals surface area contributed by atoms with Crippen molar-refractivity contribution in [1.29, 1.82) is 0 Å². The van der Waals surface area contributed by atoms with E-state index in [9.17, 15) is 4.79 Å². The topological polar surface area (TPSA) is 33.2 Å². The molecule has 3 rings (SSSR count). The van der Waals surface area contributed by atoms with E-state index in [0.29, 0.717) is 13.0 Å². The van der Waals surface area contributed by atoms with Crippen LogP contribution in [0.3, 0.4) is 0 Å². The molecule has 0 atom stereocenters. The maximum Gasteiger partial charge on any atom is 0.231 e. The second kappa shape index (κ2) is 6.65. The van der Waals surface area contributed by atoms with Crippen molar-refractivity contribution in [2.75, 3.05) is 4.90 Å². The largest absolute Gasteiger partial charge is 0.306 e. The molecule has 3 aromatic heterocycles. The Morgan fingerprint density at radius 1 is 1.10 bits per heavy atom. The third-order valence-corrected chi connectivity index (χ3v) is 4.58. The van der Waals surface area contributed by atoms with Crippen LogP contribution < -0.4 is 4.90 Å². The normalized spacial score (nSPS) is 10.5. The van der Waals surface area contributed by atoms with Crippen LogP contribution in [0.4, 0.5) is 5.69 Å². The lowest BCUT2D eigenvalue weighted by Crippen LogP contribution is -2.31. The number of thiophene rings is 2. The summed E-state index contributed by atoms with van der Waals surface area (Å²) in [4.78, 5) is 18.6. The molecule has 0 aliphatic carbocycles. The van der Waals surface area contributed by atoms with Crippen molar-refractivity contribution in [2.45, 2.75) is 13.0 Å². The lowest BCUT2D eigenvalue weighted by molar-refractivity contribution is -0.118. The molecule has 0 aliphatic rings. The fraction of sp³-hybridized carbons (Fsp3) is 0.125. The Balaban J connectivity index is 1.83. The first kappa shape index (κ1) is 14.0. The number of pyridine rings is 1. The first-order valence-corrected chi connectivity index (χ1v) is 8.44. The number of rotatable bonds is 5. The van der Waals surface area contributed by atoms with Crippen molar-refractivity contribution in [3.8, 4) is 0 Å². The van der Waals surface area contributed by atoms with E-state index in [4.69, 9.17) is 0 Å². The second-order valence-corrected chi connectivity index (χ2v) is 6.19. The number of anilines is 1. The van der Waals surface area contributed by atoms with E-state index in [0.717, 1.165) is 16.8 Å². The van der Waals surface area contributed by atoms with Crippen LogP contribution in [0.5, 0.6) is 0 Å². The Morgan fingerprint density at radius 3 is 2.48 bits per heavy atom. The molecule has 0 unspecified atom stereocenters. The molecule has 0 radical (unpaired) electrons. The molecular formula is C16H14N2OS2. The van der Waals surface area contributed by atoms with E-state index in [1.165, 1.54) is 0 Å². The summed E-state index contributed by atoms with van der Waals surface area (Å²) < 4.78 is 0. The van der Waals surface area contributed by atoms with E-state index in [1.807, 2.05) is 40.4 Å². The van der Waals surface area contributed by atoms with E-state index >= 15 is 0 Å². The van der Waals surface area contributed by atoms with Crippen LogP contribution in [0.15, 0.2) is 58.2 Å². The Hall–Kier alpha value is -1.98. The highest BCUT2D eigenvalue weighted by Gasteiger charge is 2.17. The van der Waals surface area contributed by atoms with Crippen LogP contribution in [-0.2, 0) is 17.8 Å². The molecule has 1 amide bonds. The summed E-state index contributed by atoms with van der Waals surface area (Å²) in [6, 6.07) is 7.82. The van der Waals surface area contributed by atoms with Crippen molar-refractivity contribution in [2.24, 2.45) is 0 Å². The van der Waals surface area contributed by atoms with Gasteiger partial charge in [-0.1, -0.05) is 0 Å². The molecular weight excluding hydrogens is 300 g/mol. The molecule has 3 aromatic rings. The Kier molecular flexibility index (Phi) is 4.43. The molecule has 0 saturated carbocycles. The molecule has 3 heterocycles. The van der Waals surface area contributed by atoms with Crippen molar-refractivity contribution in [1.82, 2.24) is 4.98 Å². The monoisotopic (exact) mass is 314 g/mol. The maximum absolute atomic E-state index is 12.6. The van der Waals surface area contributed by atoms with Crippen molar-refractivity contribution in [3.05, 3.63) is 69.3 Å². The van der Waals surface area contributed by atoms with Gasteiger partial charge in [0.15, 0.2) is 0 Å². The molecule has 106 valence electrons. The molecule has 5 heteroatoms. The van der Waals surface area contributed by atoms with E-state index in [1.54, 1.807) is 40.0 Å². The summed E-state index contributed by atoms with van der Waals surface area (Å²) in [5.41, 5.74) is 3.04. The van der Waals surface area contributed by atoms with Crippen LogP contribution in [0.2, 0.25) is 0 Å². The van der Waals surface area contributed by atoms with E-state index in [-0.39, 0.29) is 5.91 Å². The lowest BCUT2D eigenvalue weighted by Gasteiger charge is -2.22. The van der Waals surface area contributed by atoms with Gasteiger partial charge in [0.05, 0.1) is 24.8 Å². The fourth-order valence-corrected chi connectivity index (χ4v) is 3.39. The zero-order valence-electron chi connectivity index (χ0n) is 11.3. The van der Waals surface area contributed by atoms with Gasteiger partial charge in [-0.15, -0.1) is 0 Å². The Bertz CT molecular complexity index is 678. The fourth-order valence-electron chi connectivity index (χ4n) is 2.07. The molecule has 21 heavy (non-hydrogen) atoms. The van der Waals surface area contributed by atoms with E-state index < -0.39 is 0 Å². The molecule has 0 saturated heterocycles. The molecule has 3 nitrogen and oxygen atoms in total. The third-order valence-electron chi connectivity index (χ3n) is 3.11. The molecule has 0 fully saturated rings. The highest BCUT2D eigenvalue weighted by atomic mass is 32.1. The summed E-state index contributed by atoms with van der Waals surface area (Å²) in [7, 11) is 0. The van der Waals surface area contributed by atoms with Gasteiger partial charge in [-0.25, -0.2) is 0 Å². The van der Waals surface area contributed by atoms with Gasteiger partial charge in [0.1, 0.15) is 0 Å². The predicted octanol–water partition coefficient (Wildman–Crippen LogP) is 3.98. The van der Waals surface area contributed by atoms with Crippen LogP contribution >= 0.6 is 22.7 Å². The minimum absolute atomic E-state index is 0.0904. The highest BCUT2D eigenvalue weighted by Crippen LogP contribution is 2.19. The van der Waals surface area contributed by atoms with Gasteiger partial charge in [0, 0.05) is 6.20 Å². The van der Waals surface area contributed by atoms with Crippen molar-refractivity contribution in [3.63, 3.8) is 0 Å². The number of carbonyl (C=O) groups is 1. The highest BCUT2D eigenvalue weighted by molar-refractivity contribution is 7.08. The van der Waals surface area contributed by atoms with Gasteiger partial charge in [-0.2, -0.15) is 22.7 Å². The summed E-state index contributed by atoms with van der Waals surface area (Å²) in [5, 5.41) is 8.11. The van der Waals surface area contributed by atoms with Gasteiger partial charge < -0.3 is 4.90 Å². The first-order chi connectivity index (χ1) is 10.3. The molecule has 0 N–H and O–H groups in total. The van der Waals surface area contributed by atoms with Gasteiger partial charge >= 0.3 is 0 Å². The summed E-state index contributed by atoms with van der Waals surface area (Å²) in [6.07, 6.45) is 3.87. The number of hydrogen-bond donors (Lipinski definition) is 0. The van der Waals surface area contributed by atoms with E-state index in [2.05, 4.69) is 10.4 Å². The van der Waals surface area contributed by atoms with Crippen molar-refractivity contribution < 1.29 is 4.79 Å². The van der Waals surface area contributed by atoms with Gasteiger partial charge in [-0.3, -0.25) is 9.78 Å². The second-order valence-electron chi connectivity index (χ2n) is 4.63. The Morgan fingerprint density at radius 2 is 1.86 bits per heavy atom.